The molecular weight excluding hydrogens is 272 g/mol. The van der Waals surface area contributed by atoms with Crippen LogP contribution >= 0.6 is 0 Å². The van der Waals surface area contributed by atoms with Gasteiger partial charge >= 0.3 is 23.9 Å². The Morgan fingerprint density at radius 2 is 1.00 bits per heavy atom. The molecule has 0 fully saturated rings. The van der Waals surface area contributed by atoms with Crippen LogP contribution in [0.3, 0.4) is 0 Å². The van der Waals surface area contributed by atoms with Crippen LogP contribution in [-0.2, 0) is 28.7 Å². The molecule has 0 amide bonds. The van der Waals surface area contributed by atoms with Crippen LogP contribution in [0.5, 0.6) is 0 Å². The standard InChI is InChI=1S/C12H6O8/c13-5-9(15)19-11(17)7-1-2-8(4-3-7)12(18)20-10(16)6-14/h1-6H. The molecule has 8 heteroatoms. The maximum atomic E-state index is 11.3. The zero-order valence-corrected chi connectivity index (χ0v) is 9.73. The minimum absolute atomic E-state index is 0.0986. The average Bonchev–Trinajstić information content (AvgIpc) is 2.46. The van der Waals surface area contributed by atoms with Gasteiger partial charge < -0.3 is 9.47 Å². The van der Waals surface area contributed by atoms with Crippen molar-refractivity contribution >= 4 is 36.4 Å². The number of benzene rings is 1. The van der Waals surface area contributed by atoms with Gasteiger partial charge in [-0.15, -0.1) is 0 Å². The number of esters is 4. The Morgan fingerprint density at radius 1 is 0.700 bits per heavy atom. The van der Waals surface area contributed by atoms with Gasteiger partial charge in [0.1, 0.15) is 0 Å². The lowest BCUT2D eigenvalue weighted by Gasteiger charge is -2.01. The third-order valence-electron chi connectivity index (χ3n) is 1.94. The molecule has 0 saturated carbocycles. The molecule has 0 aromatic heterocycles. The topological polar surface area (TPSA) is 121 Å². The van der Waals surface area contributed by atoms with Crippen molar-refractivity contribution in [2.45, 2.75) is 0 Å². The first-order valence-corrected chi connectivity index (χ1v) is 5.00. The van der Waals surface area contributed by atoms with E-state index in [2.05, 4.69) is 9.47 Å². The molecule has 0 aliphatic rings. The predicted molar refractivity (Wildman–Crippen MR) is 59.4 cm³/mol. The van der Waals surface area contributed by atoms with Crippen molar-refractivity contribution in [2.24, 2.45) is 0 Å². The highest BCUT2D eigenvalue weighted by Crippen LogP contribution is 2.07. The Kier molecular flexibility index (Phi) is 4.98. The van der Waals surface area contributed by atoms with Gasteiger partial charge in [-0.25, -0.2) is 19.2 Å². The fourth-order valence-electron chi connectivity index (χ4n) is 1.09. The van der Waals surface area contributed by atoms with E-state index >= 15 is 0 Å². The van der Waals surface area contributed by atoms with Crippen LogP contribution in [0.4, 0.5) is 0 Å². The summed E-state index contributed by atoms with van der Waals surface area (Å²) >= 11 is 0. The Labute approximate surface area is 111 Å². The van der Waals surface area contributed by atoms with Crippen molar-refractivity contribution in [3.05, 3.63) is 35.4 Å². The Hall–Kier alpha value is -3.16. The Morgan fingerprint density at radius 3 is 1.25 bits per heavy atom. The van der Waals surface area contributed by atoms with Crippen molar-refractivity contribution in [1.82, 2.24) is 0 Å². The van der Waals surface area contributed by atoms with Gasteiger partial charge in [-0.05, 0) is 24.3 Å². The zero-order chi connectivity index (χ0) is 15.1. The van der Waals surface area contributed by atoms with E-state index in [1.165, 1.54) is 0 Å². The third-order valence-corrected chi connectivity index (χ3v) is 1.94. The molecule has 1 rings (SSSR count). The van der Waals surface area contributed by atoms with Crippen molar-refractivity contribution in [1.29, 1.82) is 0 Å². The number of carbonyl (C=O) groups excluding carboxylic acids is 6. The van der Waals surface area contributed by atoms with E-state index in [1.807, 2.05) is 0 Å². The second-order valence-electron chi connectivity index (χ2n) is 3.23. The highest BCUT2D eigenvalue weighted by Gasteiger charge is 2.15. The third kappa shape index (κ3) is 3.95. The van der Waals surface area contributed by atoms with Crippen LogP contribution in [0.2, 0.25) is 0 Å². The molecule has 0 heterocycles. The summed E-state index contributed by atoms with van der Waals surface area (Å²) in [6, 6.07) is 4.45. The summed E-state index contributed by atoms with van der Waals surface area (Å²) in [6.45, 7) is 0. The molecule has 0 aliphatic heterocycles. The minimum atomic E-state index is -1.35. The molecule has 0 saturated heterocycles. The maximum absolute atomic E-state index is 11.3. The Balaban J connectivity index is 2.78. The van der Waals surface area contributed by atoms with E-state index in [0.29, 0.717) is 0 Å². The lowest BCUT2D eigenvalue weighted by Crippen LogP contribution is -2.15. The number of carbonyl (C=O) groups is 6. The number of ether oxygens (including phenoxy) is 2. The summed E-state index contributed by atoms with van der Waals surface area (Å²) in [5, 5.41) is 0. The lowest BCUT2D eigenvalue weighted by atomic mass is 10.1. The van der Waals surface area contributed by atoms with Gasteiger partial charge in [0.15, 0.2) is 0 Å². The van der Waals surface area contributed by atoms with Crippen LogP contribution in [0.15, 0.2) is 24.3 Å². The monoisotopic (exact) mass is 278 g/mol. The number of hydrogen-bond donors (Lipinski definition) is 0. The van der Waals surface area contributed by atoms with Crippen LogP contribution in [-0.4, -0.2) is 36.4 Å². The van der Waals surface area contributed by atoms with Crippen LogP contribution in [0, 0.1) is 0 Å². The van der Waals surface area contributed by atoms with E-state index in [4.69, 9.17) is 0 Å². The van der Waals surface area contributed by atoms with Crippen molar-refractivity contribution in [3.63, 3.8) is 0 Å². The van der Waals surface area contributed by atoms with Crippen LogP contribution in [0.1, 0.15) is 20.7 Å². The smallest absolute Gasteiger partial charge is 0.379 e. The molecule has 0 radical (unpaired) electrons. The molecule has 0 atom stereocenters. The summed E-state index contributed by atoms with van der Waals surface area (Å²) in [6.07, 6.45) is -0.344. The van der Waals surface area contributed by atoms with Crippen LogP contribution in [0.25, 0.3) is 0 Å². The second kappa shape index (κ2) is 6.69. The lowest BCUT2D eigenvalue weighted by molar-refractivity contribution is -0.144. The molecule has 0 N–H and O–H groups in total. The molecule has 0 spiro atoms. The van der Waals surface area contributed by atoms with Gasteiger partial charge in [0, 0.05) is 0 Å². The summed E-state index contributed by atoms with van der Waals surface area (Å²) in [4.78, 5) is 63.7. The molecule has 0 aliphatic carbocycles. The van der Waals surface area contributed by atoms with Crippen molar-refractivity contribution in [3.8, 4) is 0 Å². The summed E-state index contributed by atoms with van der Waals surface area (Å²) < 4.78 is 8.21. The first-order chi connectivity index (χ1) is 9.47. The second-order valence-corrected chi connectivity index (χ2v) is 3.23. The van der Waals surface area contributed by atoms with Gasteiger partial charge in [0.2, 0.25) is 12.6 Å². The highest BCUT2D eigenvalue weighted by molar-refractivity contribution is 6.24. The summed E-state index contributed by atoms with van der Waals surface area (Å²) in [5.74, 6) is -4.86. The summed E-state index contributed by atoms with van der Waals surface area (Å²) in [5.41, 5.74) is -0.197. The first kappa shape index (κ1) is 14.9. The van der Waals surface area contributed by atoms with Gasteiger partial charge in [0.25, 0.3) is 0 Å². The van der Waals surface area contributed by atoms with Crippen molar-refractivity contribution in [2.75, 3.05) is 0 Å². The molecule has 1 aromatic carbocycles. The van der Waals surface area contributed by atoms with E-state index < -0.39 is 23.9 Å². The normalized spacial score (nSPS) is 9.20. The van der Waals surface area contributed by atoms with E-state index in [0.717, 1.165) is 24.3 Å². The molecule has 1 aromatic rings. The molecule has 0 bridgehead atoms. The molecule has 20 heavy (non-hydrogen) atoms. The number of hydrogen-bond acceptors (Lipinski definition) is 8. The fraction of sp³-hybridized carbons (Fsp3) is 0. The fourth-order valence-corrected chi connectivity index (χ4v) is 1.09. The number of aldehydes is 2. The molecule has 102 valence electrons. The van der Waals surface area contributed by atoms with Gasteiger partial charge in [-0.1, -0.05) is 0 Å². The van der Waals surface area contributed by atoms with Gasteiger partial charge in [0.05, 0.1) is 11.1 Å². The Bertz CT molecular complexity index is 531. The summed E-state index contributed by atoms with van der Waals surface area (Å²) in [7, 11) is 0. The number of rotatable bonds is 4. The quantitative estimate of drug-likeness (QED) is 0.311. The maximum Gasteiger partial charge on any atom is 0.379 e. The predicted octanol–water partition coefficient (Wildman–Crippen LogP) is -0.549. The van der Waals surface area contributed by atoms with Crippen LogP contribution < -0.4 is 0 Å². The van der Waals surface area contributed by atoms with E-state index in [9.17, 15) is 28.8 Å². The van der Waals surface area contributed by atoms with E-state index in [1.54, 1.807) is 0 Å². The first-order valence-electron chi connectivity index (χ1n) is 5.00. The van der Waals surface area contributed by atoms with Gasteiger partial charge in [-0.3, -0.25) is 9.59 Å². The van der Waals surface area contributed by atoms with E-state index in [-0.39, 0.29) is 23.7 Å². The zero-order valence-electron chi connectivity index (χ0n) is 9.73. The SMILES string of the molecule is O=CC(=O)OC(=O)c1ccc(C(=O)OC(=O)C=O)cc1. The van der Waals surface area contributed by atoms with Crippen molar-refractivity contribution < 1.29 is 38.2 Å². The van der Waals surface area contributed by atoms with Gasteiger partial charge in [-0.2, -0.15) is 0 Å². The molecule has 0 unspecified atom stereocenters. The molecule has 8 nitrogen and oxygen atoms in total. The highest BCUT2D eigenvalue weighted by atomic mass is 16.6. The molecular formula is C12H6O8. The average molecular weight is 278 g/mol. The minimum Gasteiger partial charge on any atom is -0.384 e. The largest absolute Gasteiger partial charge is 0.384 e.